The SMILES string of the molecule is CC(C)c1ccc(Nc2ncnc(Nc3cccnc3)c2[N+](=O)[O-])cc1. The number of hydrogen-bond donors (Lipinski definition) is 2. The molecule has 0 saturated carbocycles. The fourth-order valence-corrected chi connectivity index (χ4v) is 2.40. The Kier molecular flexibility index (Phi) is 5.02. The van der Waals surface area contributed by atoms with Crippen molar-refractivity contribution in [2.75, 3.05) is 10.6 Å². The fraction of sp³-hybridized carbons (Fsp3) is 0.167. The van der Waals surface area contributed by atoms with Crippen LogP contribution < -0.4 is 10.6 Å². The van der Waals surface area contributed by atoms with E-state index >= 15 is 0 Å². The van der Waals surface area contributed by atoms with E-state index in [2.05, 4.69) is 39.4 Å². The Morgan fingerprint density at radius 2 is 1.65 bits per heavy atom. The summed E-state index contributed by atoms with van der Waals surface area (Å²) in [4.78, 5) is 23.1. The summed E-state index contributed by atoms with van der Waals surface area (Å²) in [6.45, 7) is 4.21. The summed E-state index contributed by atoms with van der Waals surface area (Å²) in [6, 6.07) is 11.2. The summed E-state index contributed by atoms with van der Waals surface area (Å²) in [7, 11) is 0. The van der Waals surface area contributed by atoms with E-state index in [0.717, 1.165) is 0 Å². The molecule has 0 spiro atoms. The monoisotopic (exact) mass is 350 g/mol. The van der Waals surface area contributed by atoms with Crippen LogP contribution >= 0.6 is 0 Å². The van der Waals surface area contributed by atoms with Gasteiger partial charge in [-0.15, -0.1) is 0 Å². The van der Waals surface area contributed by atoms with Crippen LogP contribution in [0.2, 0.25) is 0 Å². The molecule has 1 aromatic carbocycles. The summed E-state index contributed by atoms with van der Waals surface area (Å²) < 4.78 is 0. The number of anilines is 4. The van der Waals surface area contributed by atoms with Crippen molar-refractivity contribution >= 4 is 28.7 Å². The lowest BCUT2D eigenvalue weighted by Crippen LogP contribution is -2.05. The van der Waals surface area contributed by atoms with Gasteiger partial charge in [-0.1, -0.05) is 26.0 Å². The van der Waals surface area contributed by atoms with Gasteiger partial charge >= 0.3 is 5.69 Å². The highest BCUT2D eigenvalue weighted by Crippen LogP contribution is 2.33. The Balaban J connectivity index is 1.91. The third kappa shape index (κ3) is 3.92. The quantitative estimate of drug-likeness (QED) is 0.501. The zero-order valence-electron chi connectivity index (χ0n) is 14.4. The van der Waals surface area contributed by atoms with E-state index in [0.29, 0.717) is 17.3 Å². The maximum absolute atomic E-state index is 11.6. The molecule has 0 aliphatic rings. The number of nitrogens with one attached hydrogen (secondary N) is 2. The van der Waals surface area contributed by atoms with Crippen LogP contribution in [0.1, 0.15) is 25.3 Å². The van der Waals surface area contributed by atoms with Crippen LogP contribution in [0.3, 0.4) is 0 Å². The van der Waals surface area contributed by atoms with Crippen molar-refractivity contribution in [1.82, 2.24) is 15.0 Å². The number of nitrogens with zero attached hydrogens (tertiary/aromatic N) is 4. The molecular formula is C18H18N6O2. The second-order valence-corrected chi connectivity index (χ2v) is 5.95. The lowest BCUT2D eigenvalue weighted by Gasteiger charge is -2.11. The number of hydrogen-bond acceptors (Lipinski definition) is 7. The van der Waals surface area contributed by atoms with Crippen LogP contribution in [0.15, 0.2) is 55.1 Å². The highest BCUT2D eigenvalue weighted by atomic mass is 16.6. The van der Waals surface area contributed by atoms with Gasteiger partial charge in [0.05, 0.1) is 16.8 Å². The zero-order valence-corrected chi connectivity index (χ0v) is 14.4. The molecule has 26 heavy (non-hydrogen) atoms. The van der Waals surface area contributed by atoms with Gasteiger partial charge in [0.2, 0.25) is 11.6 Å². The molecule has 3 aromatic rings. The van der Waals surface area contributed by atoms with Crippen LogP contribution in [0.5, 0.6) is 0 Å². The molecule has 0 aliphatic heterocycles. The standard InChI is InChI=1S/C18H18N6O2/c1-12(2)13-5-7-14(8-6-13)22-17-16(24(25)26)18(21-11-20-17)23-15-4-3-9-19-10-15/h3-12H,1-2H3,(H2,20,21,22,23). The summed E-state index contributed by atoms with van der Waals surface area (Å²) in [5.41, 5.74) is 2.26. The topological polar surface area (TPSA) is 106 Å². The van der Waals surface area contributed by atoms with Crippen molar-refractivity contribution in [1.29, 1.82) is 0 Å². The normalized spacial score (nSPS) is 10.6. The molecule has 8 nitrogen and oxygen atoms in total. The van der Waals surface area contributed by atoms with Crippen molar-refractivity contribution in [3.63, 3.8) is 0 Å². The first-order valence-corrected chi connectivity index (χ1v) is 8.08. The van der Waals surface area contributed by atoms with Crippen molar-refractivity contribution in [2.45, 2.75) is 19.8 Å². The molecule has 0 atom stereocenters. The largest absolute Gasteiger partial charge is 0.353 e. The van der Waals surface area contributed by atoms with E-state index in [9.17, 15) is 10.1 Å². The van der Waals surface area contributed by atoms with Gasteiger partial charge in [0.25, 0.3) is 0 Å². The molecule has 2 N–H and O–H groups in total. The maximum atomic E-state index is 11.6. The Morgan fingerprint density at radius 1 is 1.00 bits per heavy atom. The predicted octanol–water partition coefficient (Wildman–Crippen LogP) is 4.39. The molecule has 0 bridgehead atoms. The first-order valence-electron chi connectivity index (χ1n) is 8.08. The average Bonchev–Trinajstić information content (AvgIpc) is 2.63. The highest BCUT2D eigenvalue weighted by Gasteiger charge is 2.23. The number of benzene rings is 1. The van der Waals surface area contributed by atoms with Crippen LogP contribution in [-0.4, -0.2) is 19.9 Å². The van der Waals surface area contributed by atoms with Gasteiger partial charge in [-0.2, -0.15) is 0 Å². The van der Waals surface area contributed by atoms with Crippen molar-refractivity contribution in [3.05, 3.63) is 70.8 Å². The number of aromatic nitrogens is 3. The number of nitro groups is 1. The molecule has 0 aliphatic carbocycles. The lowest BCUT2D eigenvalue weighted by molar-refractivity contribution is -0.383. The first-order chi connectivity index (χ1) is 12.5. The lowest BCUT2D eigenvalue weighted by atomic mass is 10.0. The smallest absolute Gasteiger partial charge is 0.334 e. The van der Waals surface area contributed by atoms with Gasteiger partial charge in [0.15, 0.2) is 0 Å². The second kappa shape index (κ2) is 7.56. The molecule has 0 saturated heterocycles. The van der Waals surface area contributed by atoms with Gasteiger partial charge in [-0.05, 0) is 35.7 Å². The second-order valence-electron chi connectivity index (χ2n) is 5.95. The van der Waals surface area contributed by atoms with Gasteiger partial charge < -0.3 is 10.6 Å². The van der Waals surface area contributed by atoms with E-state index in [-0.39, 0.29) is 17.3 Å². The minimum Gasteiger partial charge on any atom is -0.334 e. The third-order valence-electron chi connectivity index (χ3n) is 3.77. The molecule has 3 rings (SSSR count). The third-order valence-corrected chi connectivity index (χ3v) is 3.77. The van der Waals surface area contributed by atoms with E-state index in [1.165, 1.54) is 11.9 Å². The summed E-state index contributed by atoms with van der Waals surface area (Å²) in [6.07, 6.45) is 4.45. The minimum absolute atomic E-state index is 0.0966. The van der Waals surface area contributed by atoms with Crippen LogP contribution in [-0.2, 0) is 0 Å². The maximum Gasteiger partial charge on any atom is 0.353 e. The molecule has 0 unspecified atom stereocenters. The highest BCUT2D eigenvalue weighted by molar-refractivity contribution is 5.76. The van der Waals surface area contributed by atoms with E-state index < -0.39 is 4.92 Å². The minimum atomic E-state index is -0.510. The van der Waals surface area contributed by atoms with E-state index in [1.54, 1.807) is 24.5 Å². The number of pyridine rings is 1. The van der Waals surface area contributed by atoms with Crippen LogP contribution in [0, 0.1) is 10.1 Å². The van der Waals surface area contributed by atoms with Gasteiger partial charge in [-0.25, -0.2) is 9.97 Å². The van der Waals surface area contributed by atoms with Crippen molar-refractivity contribution in [2.24, 2.45) is 0 Å². The summed E-state index contributed by atoms with van der Waals surface area (Å²) in [5.74, 6) is 0.626. The van der Waals surface area contributed by atoms with Gasteiger partial charge in [-0.3, -0.25) is 15.1 Å². The first kappa shape index (κ1) is 17.3. The zero-order chi connectivity index (χ0) is 18.5. The molecule has 0 amide bonds. The summed E-state index contributed by atoms with van der Waals surface area (Å²) in [5, 5.41) is 17.5. The van der Waals surface area contributed by atoms with E-state index in [4.69, 9.17) is 0 Å². The predicted molar refractivity (Wildman–Crippen MR) is 100 cm³/mol. The number of rotatable bonds is 6. The van der Waals surface area contributed by atoms with E-state index in [1.807, 2.05) is 24.3 Å². The van der Waals surface area contributed by atoms with Gasteiger partial charge in [0, 0.05) is 11.9 Å². The Labute approximate surface area is 150 Å². The molecule has 0 radical (unpaired) electrons. The summed E-state index contributed by atoms with van der Waals surface area (Å²) >= 11 is 0. The Bertz CT molecular complexity index is 897. The molecule has 132 valence electrons. The molecule has 0 fully saturated rings. The Morgan fingerprint density at radius 3 is 2.19 bits per heavy atom. The fourth-order valence-electron chi connectivity index (χ4n) is 2.40. The van der Waals surface area contributed by atoms with Crippen molar-refractivity contribution in [3.8, 4) is 0 Å². The van der Waals surface area contributed by atoms with Gasteiger partial charge in [0.1, 0.15) is 6.33 Å². The molecular weight excluding hydrogens is 332 g/mol. The van der Waals surface area contributed by atoms with Crippen LogP contribution in [0.4, 0.5) is 28.7 Å². The van der Waals surface area contributed by atoms with Crippen molar-refractivity contribution < 1.29 is 4.92 Å². The molecule has 2 aromatic heterocycles. The van der Waals surface area contributed by atoms with Crippen LogP contribution in [0.25, 0.3) is 0 Å². The molecule has 2 heterocycles. The average molecular weight is 350 g/mol. The molecule has 8 heteroatoms. The Hall–Kier alpha value is -3.55.